The Labute approximate surface area is 160 Å². The third-order valence-corrected chi connectivity index (χ3v) is 3.74. The van der Waals surface area contributed by atoms with Crippen LogP contribution in [0.1, 0.15) is 17.3 Å². The molecule has 0 spiro atoms. The fourth-order valence-corrected chi connectivity index (χ4v) is 2.49. The molecule has 0 fully saturated rings. The van der Waals surface area contributed by atoms with Crippen molar-refractivity contribution in [1.82, 2.24) is 9.55 Å². The minimum Gasteiger partial charge on any atom is -0.462 e. The zero-order valence-corrected chi connectivity index (χ0v) is 15.3. The summed E-state index contributed by atoms with van der Waals surface area (Å²) in [4.78, 5) is 27.6. The second-order valence-corrected chi connectivity index (χ2v) is 5.53. The van der Waals surface area contributed by atoms with E-state index in [-0.39, 0.29) is 18.6 Å². The third kappa shape index (κ3) is 3.93. The van der Waals surface area contributed by atoms with Crippen LogP contribution in [0, 0.1) is 5.41 Å². The zero-order chi connectivity index (χ0) is 20.1. The van der Waals surface area contributed by atoms with Crippen molar-refractivity contribution in [2.45, 2.75) is 6.92 Å². The Morgan fingerprint density at radius 1 is 1.14 bits per heavy atom. The van der Waals surface area contributed by atoms with Crippen LogP contribution in [-0.2, 0) is 9.47 Å². The van der Waals surface area contributed by atoms with Crippen LogP contribution in [0.3, 0.4) is 0 Å². The summed E-state index contributed by atoms with van der Waals surface area (Å²) in [6.45, 7) is 2.01. The number of carbonyl (C=O) groups excluding carboxylic acids is 2. The molecule has 0 aliphatic heterocycles. The number of esters is 1. The summed E-state index contributed by atoms with van der Waals surface area (Å²) in [7, 11) is 1.23. The van der Waals surface area contributed by atoms with Gasteiger partial charge in [-0.2, -0.15) is 0 Å². The molecule has 28 heavy (non-hydrogen) atoms. The maximum Gasteiger partial charge on any atom is 0.413 e. The van der Waals surface area contributed by atoms with E-state index in [1.54, 1.807) is 55.5 Å². The molecule has 0 aliphatic carbocycles. The Morgan fingerprint density at radius 2 is 1.86 bits per heavy atom. The summed E-state index contributed by atoms with van der Waals surface area (Å²) in [6, 6.07) is 13.0. The van der Waals surface area contributed by atoms with Crippen molar-refractivity contribution >= 4 is 35.1 Å². The number of nitrogens with zero attached hydrogens (tertiary/aromatic N) is 2. The van der Waals surface area contributed by atoms with E-state index in [1.165, 1.54) is 11.7 Å². The van der Waals surface area contributed by atoms with E-state index in [0.29, 0.717) is 22.3 Å². The predicted molar refractivity (Wildman–Crippen MR) is 102 cm³/mol. The van der Waals surface area contributed by atoms with Gasteiger partial charge >= 0.3 is 18.1 Å². The highest BCUT2D eigenvalue weighted by Crippen LogP contribution is 2.21. The Bertz CT molecular complexity index is 1030. The molecular formula is C19H18N4O5. The molecule has 0 radical (unpaired) electrons. The van der Waals surface area contributed by atoms with Gasteiger partial charge in [-0.15, -0.1) is 0 Å². The molecule has 1 amide bonds. The topological polar surface area (TPSA) is 116 Å². The van der Waals surface area contributed by atoms with Crippen LogP contribution in [0.4, 0.5) is 10.7 Å². The number of benzene rings is 2. The van der Waals surface area contributed by atoms with Crippen molar-refractivity contribution in [3.05, 3.63) is 54.1 Å². The number of fused-ring (bicyclic) bond motifs is 1. The largest absolute Gasteiger partial charge is 0.462 e. The number of aromatic nitrogens is 2. The maximum absolute atomic E-state index is 11.7. The van der Waals surface area contributed by atoms with Crippen molar-refractivity contribution in [1.29, 1.82) is 5.41 Å². The third-order valence-electron chi connectivity index (χ3n) is 3.74. The van der Waals surface area contributed by atoms with Crippen molar-refractivity contribution in [3.63, 3.8) is 0 Å². The Balaban J connectivity index is 1.87. The molecule has 0 saturated heterocycles. The van der Waals surface area contributed by atoms with Crippen LogP contribution in [0.25, 0.3) is 11.0 Å². The van der Waals surface area contributed by atoms with Crippen molar-refractivity contribution < 1.29 is 23.8 Å². The van der Waals surface area contributed by atoms with Gasteiger partial charge in [0.2, 0.25) is 5.95 Å². The lowest BCUT2D eigenvalue weighted by molar-refractivity contribution is 0.0526. The summed E-state index contributed by atoms with van der Waals surface area (Å²) >= 11 is 0. The van der Waals surface area contributed by atoms with Crippen LogP contribution in [0.5, 0.6) is 5.75 Å². The fraction of sp³-hybridized carbons (Fsp3) is 0.158. The number of amides is 1. The standard InChI is InChI=1S/C19H18N4O5/c1-3-27-16(24)12-8-10-13(11-9-12)28-17(20)23-15-7-5-4-6-14(15)21-18(23)22-19(25)26-2/h4-11,20H,3H2,1-2H3,(H,21,22,25). The average molecular weight is 382 g/mol. The summed E-state index contributed by atoms with van der Waals surface area (Å²) < 4.78 is 16.5. The summed E-state index contributed by atoms with van der Waals surface area (Å²) in [5, 5.41) is 10.8. The maximum atomic E-state index is 11.7. The molecule has 2 N–H and O–H groups in total. The van der Waals surface area contributed by atoms with Crippen LogP contribution in [-0.4, -0.2) is 41.4 Å². The molecule has 9 heteroatoms. The van der Waals surface area contributed by atoms with Gasteiger partial charge in [0, 0.05) is 0 Å². The number of hydrogen-bond acceptors (Lipinski definition) is 7. The van der Waals surface area contributed by atoms with E-state index in [4.69, 9.17) is 14.9 Å². The van der Waals surface area contributed by atoms with Crippen LogP contribution >= 0.6 is 0 Å². The molecule has 0 aliphatic rings. The zero-order valence-electron chi connectivity index (χ0n) is 15.3. The second kappa shape index (κ2) is 8.21. The van der Waals surface area contributed by atoms with Crippen LogP contribution < -0.4 is 10.1 Å². The molecule has 144 valence electrons. The van der Waals surface area contributed by atoms with E-state index >= 15 is 0 Å². The van der Waals surface area contributed by atoms with Crippen LogP contribution in [0.2, 0.25) is 0 Å². The van der Waals surface area contributed by atoms with Gasteiger partial charge < -0.3 is 14.2 Å². The highest BCUT2D eigenvalue weighted by Gasteiger charge is 2.18. The molecule has 0 bridgehead atoms. The van der Waals surface area contributed by atoms with Gasteiger partial charge in [0.05, 0.1) is 30.3 Å². The lowest BCUT2D eigenvalue weighted by Crippen LogP contribution is -2.23. The number of hydrogen-bond donors (Lipinski definition) is 2. The number of methoxy groups -OCH3 is 1. The first-order valence-corrected chi connectivity index (χ1v) is 8.40. The lowest BCUT2D eigenvalue weighted by Gasteiger charge is -2.12. The number of imidazole rings is 1. The lowest BCUT2D eigenvalue weighted by atomic mass is 10.2. The average Bonchev–Trinajstić information content (AvgIpc) is 3.06. The Hall–Kier alpha value is -3.88. The highest BCUT2D eigenvalue weighted by molar-refractivity contribution is 5.96. The number of ether oxygens (including phenoxy) is 3. The smallest absolute Gasteiger partial charge is 0.413 e. The van der Waals surface area contributed by atoms with Crippen LogP contribution in [0.15, 0.2) is 48.5 Å². The molecule has 2 aromatic carbocycles. The van der Waals surface area contributed by atoms with Crippen molar-refractivity contribution in [2.24, 2.45) is 0 Å². The molecule has 0 saturated carbocycles. The monoisotopic (exact) mass is 382 g/mol. The van der Waals surface area contributed by atoms with E-state index < -0.39 is 12.1 Å². The fourth-order valence-electron chi connectivity index (χ4n) is 2.49. The number of anilines is 1. The predicted octanol–water partition coefficient (Wildman–Crippen LogP) is 3.25. The molecule has 0 atom stereocenters. The van der Waals surface area contributed by atoms with Gasteiger partial charge in [-0.1, -0.05) is 12.1 Å². The van der Waals surface area contributed by atoms with Crippen molar-refractivity contribution in [3.8, 4) is 5.75 Å². The van der Waals surface area contributed by atoms with Gasteiger partial charge in [-0.05, 0) is 43.3 Å². The van der Waals surface area contributed by atoms with Gasteiger partial charge in [-0.25, -0.2) is 19.1 Å². The molecular weight excluding hydrogens is 364 g/mol. The molecule has 1 aromatic heterocycles. The summed E-state index contributed by atoms with van der Waals surface area (Å²) in [6.07, 6.45) is -0.719. The number of nitrogens with one attached hydrogen (secondary N) is 2. The van der Waals surface area contributed by atoms with E-state index in [2.05, 4.69) is 15.0 Å². The molecule has 3 aromatic rings. The number of carbonyl (C=O) groups is 2. The Kier molecular flexibility index (Phi) is 5.54. The van der Waals surface area contributed by atoms with Gasteiger partial charge in [0.15, 0.2) is 0 Å². The number of rotatable bonds is 4. The first-order valence-electron chi connectivity index (χ1n) is 8.40. The minimum atomic E-state index is -0.719. The Morgan fingerprint density at radius 3 is 2.54 bits per heavy atom. The first kappa shape index (κ1) is 18.9. The SMILES string of the molecule is CCOC(=O)c1ccc(OC(=N)n2c(NC(=O)OC)nc3ccccc32)cc1. The minimum absolute atomic E-state index is 0.0844. The van der Waals surface area contributed by atoms with Crippen molar-refractivity contribution in [2.75, 3.05) is 19.0 Å². The first-order chi connectivity index (χ1) is 13.5. The van der Waals surface area contributed by atoms with E-state index in [0.717, 1.165) is 0 Å². The van der Waals surface area contributed by atoms with E-state index in [9.17, 15) is 9.59 Å². The summed E-state index contributed by atoms with van der Waals surface area (Å²) in [5.74, 6) is -0.0182. The second-order valence-electron chi connectivity index (χ2n) is 5.53. The van der Waals surface area contributed by atoms with Gasteiger partial charge in [0.1, 0.15) is 5.75 Å². The van der Waals surface area contributed by atoms with Gasteiger partial charge in [0.25, 0.3) is 0 Å². The normalized spacial score (nSPS) is 10.4. The van der Waals surface area contributed by atoms with Gasteiger partial charge in [-0.3, -0.25) is 10.7 Å². The molecule has 3 rings (SSSR count). The molecule has 1 heterocycles. The molecule has 9 nitrogen and oxygen atoms in total. The quantitative estimate of drug-likeness (QED) is 0.406. The highest BCUT2D eigenvalue weighted by atomic mass is 16.5. The number of para-hydroxylation sites is 2. The van der Waals surface area contributed by atoms with E-state index in [1.807, 2.05) is 0 Å². The molecule has 0 unspecified atom stereocenters. The summed E-state index contributed by atoms with van der Waals surface area (Å²) in [5.41, 5.74) is 1.52.